The zero-order chi connectivity index (χ0) is 9.26. The highest BCUT2D eigenvalue weighted by molar-refractivity contribution is 5.85. The van der Waals surface area contributed by atoms with Gasteiger partial charge in [0.05, 0.1) is 0 Å². The van der Waals surface area contributed by atoms with E-state index in [1.54, 1.807) is 0 Å². The van der Waals surface area contributed by atoms with Crippen molar-refractivity contribution in [1.82, 2.24) is 4.98 Å². The van der Waals surface area contributed by atoms with E-state index < -0.39 is 0 Å². The molecule has 1 aromatic heterocycles. The van der Waals surface area contributed by atoms with Gasteiger partial charge in [0.25, 0.3) is 0 Å². The molecule has 84 valence electrons. The Morgan fingerprint density at radius 1 is 1.33 bits per heavy atom. The lowest BCUT2D eigenvalue weighted by Crippen LogP contribution is -2.02. The largest absolute Gasteiger partial charge is 0.441 e. The maximum Gasteiger partial charge on any atom is 0.196 e. The molecule has 2 rings (SSSR count). The number of fused-ring (bicyclic) bond motifs is 1. The van der Waals surface area contributed by atoms with Gasteiger partial charge in [0.2, 0.25) is 0 Å². The Morgan fingerprint density at radius 3 is 2.67 bits per heavy atom. The molecule has 2 N–H and O–H groups in total. The van der Waals surface area contributed by atoms with Crippen LogP contribution in [0.1, 0.15) is 11.5 Å². The van der Waals surface area contributed by atoms with Crippen LogP contribution in [-0.2, 0) is 6.42 Å². The predicted octanol–water partition coefficient (Wildman–Crippen LogP) is 2.48. The minimum atomic E-state index is 0. The number of hydrogen-bond acceptors (Lipinski definition) is 3. The zero-order valence-electron chi connectivity index (χ0n) is 8.40. The first-order valence-corrected chi connectivity index (χ1v) is 4.36. The van der Waals surface area contributed by atoms with Crippen molar-refractivity contribution in [1.29, 1.82) is 0 Å². The average Bonchev–Trinajstić information content (AvgIpc) is 2.49. The Balaban J connectivity index is 0.000000980. The van der Waals surface area contributed by atoms with Crippen LogP contribution in [-0.4, -0.2) is 11.5 Å². The normalized spacial score (nSPS) is 9.47. The molecule has 0 saturated carbocycles. The SMILES string of the molecule is Cc1cccc2oc(CCN)nc12.Cl.Cl. The molecule has 0 spiro atoms. The Kier molecular flexibility index (Phi) is 5.65. The highest BCUT2D eigenvalue weighted by atomic mass is 35.5. The quantitative estimate of drug-likeness (QED) is 0.889. The van der Waals surface area contributed by atoms with Crippen LogP contribution >= 0.6 is 24.8 Å². The van der Waals surface area contributed by atoms with Crippen molar-refractivity contribution in [3.05, 3.63) is 29.7 Å². The van der Waals surface area contributed by atoms with E-state index in [4.69, 9.17) is 10.2 Å². The number of aryl methyl sites for hydroxylation is 1. The van der Waals surface area contributed by atoms with Gasteiger partial charge < -0.3 is 10.2 Å². The van der Waals surface area contributed by atoms with Crippen LogP contribution < -0.4 is 5.73 Å². The number of nitrogens with two attached hydrogens (primary N) is 1. The van der Waals surface area contributed by atoms with E-state index in [0.717, 1.165) is 22.6 Å². The van der Waals surface area contributed by atoms with E-state index in [-0.39, 0.29) is 24.8 Å². The summed E-state index contributed by atoms with van der Waals surface area (Å²) >= 11 is 0. The van der Waals surface area contributed by atoms with Gasteiger partial charge in [0, 0.05) is 13.0 Å². The highest BCUT2D eigenvalue weighted by Crippen LogP contribution is 2.18. The van der Waals surface area contributed by atoms with Crippen molar-refractivity contribution >= 4 is 35.9 Å². The average molecular weight is 249 g/mol. The Morgan fingerprint density at radius 2 is 2.07 bits per heavy atom. The van der Waals surface area contributed by atoms with Crippen LogP contribution in [0, 0.1) is 6.92 Å². The van der Waals surface area contributed by atoms with Gasteiger partial charge in [0.1, 0.15) is 5.52 Å². The van der Waals surface area contributed by atoms with Crippen molar-refractivity contribution < 1.29 is 4.42 Å². The van der Waals surface area contributed by atoms with Gasteiger partial charge in [-0.05, 0) is 18.6 Å². The van der Waals surface area contributed by atoms with Crippen LogP contribution in [0.3, 0.4) is 0 Å². The second kappa shape index (κ2) is 5.95. The molecule has 15 heavy (non-hydrogen) atoms. The van der Waals surface area contributed by atoms with E-state index in [0.29, 0.717) is 13.0 Å². The molecule has 0 saturated heterocycles. The fraction of sp³-hybridized carbons (Fsp3) is 0.300. The minimum absolute atomic E-state index is 0. The summed E-state index contributed by atoms with van der Waals surface area (Å²) in [7, 11) is 0. The van der Waals surface area contributed by atoms with Crippen molar-refractivity contribution in [2.45, 2.75) is 13.3 Å². The van der Waals surface area contributed by atoms with Gasteiger partial charge >= 0.3 is 0 Å². The molecule has 0 amide bonds. The van der Waals surface area contributed by atoms with Gasteiger partial charge in [-0.25, -0.2) is 4.98 Å². The number of hydrogen-bond donors (Lipinski definition) is 1. The predicted molar refractivity (Wildman–Crippen MR) is 66.0 cm³/mol. The maximum absolute atomic E-state index is 5.50. The summed E-state index contributed by atoms with van der Waals surface area (Å²) in [5.74, 6) is 0.729. The molecule has 5 heteroatoms. The number of aromatic nitrogens is 1. The third kappa shape index (κ3) is 2.84. The first kappa shape index (κ1) is 14.2. The third-order valence-electron chi connectivity index (χ3n) is 2.02. The molecular weight excluding hydrogens is 235 g/mol. The summed E-state index contributed by atoms with van der Waals surface area (Å²) in [4.78, 5) is 4.36. The fourth-order valence-corrected chi connectivity index (χ4v) is 1.36. The lowest BCUT2D eigenvalue weighted by atomic mass is 10.2. The Hall–Kier alpha value is -0.770. The van der Waals surface area contributed by atoms with Crippen molar-refractivity contribution in [3.63, 3.8) is 0 Å². The summed E-state index contributed by atoms with van der Waals surface area (Å²) in [5.41, 5.74) is 8.36. The lowest BCUT2D eigenvalue weighted by Gasteiger charge is -1.88. The number of para-hydroxylation sites is 1. The van der Waals surface area contributed by atoms with Crippen LogP contribution in [0.5, 0.6) is 0 Å². The lowest BCUT2D eigenvalue weighted by molar-refractivity contribution is 0.531. The van der Waals surface area contributed by atoms with E-state index in [9.17, 15) is 0 Å². The van der Waals surface area contributed by atoms with Gasteiger partial charge in [-0.1, -0.05) is 12.1 Å². The molecule has 0 fully saturated rings. The number of halogens is 2. The summed E-state index contributed by atoms with van der Waals surface area (Å²) in [6, 6.07) is 5.92. The van der Waals surface area contributed by atoms with E-state index in [1.807, 2.05) is 25.1 Å². The van der Waals surface area contributed by atoms with E-state index in [1.165, 1.54) is 0 Å². The van der Waals surface area contributed by atoms with Gasteiger partial charge in [-0.3, -0.25) is 0 Å². The Labute approximate surface area is 101 Å². The molecule has 0 aliphatic carbocycles. The smallest absolute Gasteiger partial charge is 0.196 e. The van der Waals surface area contributed by atoms with Gasteiger partial charge in [-0.15, -0.1) is 24.8 Å². The standard InChI is InChI=1S/C10H12N2O.2ClH/c1-7-3-2-4-8-10(7)12-9(13-8)5-6-11;;/h2-4H,5-6,11H2,1H3;2*1H. The molecule has 1 heterocycles. The molecule has 2 aromatic rings. The van der Waals surface area contributed by atoms with Crippen molar-refractivity contribution in [2.75, 3.05) is 6.54 Å². The second-order valence-electron chi connectivity index (χ2n) is 3.07. The third-order valence-corrected chi connectivity index (χ3v) is 2.02. The summed E-state index contributed by atoms with van der Waals surface area (Å²) in [6.45, 7) is 2.60. The molecule has 0 atom stereocenters. The van der Waals surface area contributed by atoms with Crippen molar-refractivity contribution in [2.24, 2.45) is 5.73 Å². The first-order chi connectivity index (χ1) is 6.31. The van der Waals surface area contributed by atoms with Crippen molar-refractivity contribution in [3.8, 4) is 0 Å². The molecule has 0 bridgehead atoms. The van der Waals surface area contributed by atoms with E-state index >= 15 is 0 Å². The zero-order valence-corrected chi connectivity index (χ0v) is 10.0. The molecule has 1 aromatic carbocycles. The maximum atomic E-state index is 5.50. The summed E-state index contributed by atoms with van der Waals surface area (Å²) in [6.07, 6.45) is 0.703. The number of rotatable bonds is 2. The summed E-state index contributed by atoms with van der Waals surface area (Å²) < 4.78 is 5.50. The van der Waals surface area contributed by atoms with Crippen LogP contribution in [0.2, 0.25) is 0 Å². The van der Waals surface area contributed by atoms with Gasteiger partial charge in [0.15, 0.2) is 11.5 Å². The number of benzene rings is 1. The second-order valence-corrected chi connectivity index (χ2v) is 3.07. The summed E-state index contributed by atoms with van der Waals surface area (Å²) in [5, 5.41) is 0. The number of nitrogens with zero attached hydrogens (tertiary/aromatic N) is 1. The van der Waals surface area contributed by atoms with Crippen LogP contribution in [0.25, 0.3) is 11.1 Å². The Bertz CT molecular complexity index is 428. The van der Waals surface area contributed by atoms with Crippen LogP contribution in [0.15, 0.2) is 22.6 Å². The van der Waals surface area contributed by atoms with Crippen LogP contribution in [0.4, 0.5) is 0 Å². The van der Waals surface area contributed by atoms with E-state index in [2.05, 4.69) is 4.98 Å². The highest BCUT2D eigenvalue weighted by Gasteiger charge is 2.05. The fourth-order valence-electron chi connectivity index (χ4n) is 1.36. The van der Waals surface area contributed by atoms with Gasteiger partial charge in [-0.2, -0.15) is 0 Å². The molecular formula is C10H14Cl2N2O. The molecule has 3 nitrogen and oxygen atoms in total. The molecule has 0 aliphatic heterocycles. The first-order valence-electron chi connectivity index (χ1n) is 4.36. The topological polar surface area (TPSA) is 52.0 Å². The monoisotopic (exact) mass is 248 g/mol. The number of oxazole rings is 1. The minimum Gasteiger partial charge on any atom is -0.441 e. The molecule has 0 unspecified atom stereocenters. The molecule has 0 radical (unpaired) electrons. The molecule has 0 aliphatic rings.